The molecule has 1 heterocycles. The first-order chi connectivity index (χ1) is 27.2. The lowest BCUT2D eigenvalue weighted by Gasteiger charge is -2.33. The Bertz CT molecular complexity index is 1420. The number of aryl methyl sites for hydroxylation is 2. The molecule has 6 heteroatoms. The van der Waals surface area contributed by atoms with Gasteiger partial charge in [-0.05, 0) is 179 Å². The second-order valence-electron chi connectivity index (χ2n) is 18.4. The van der Waals surface area contributed by atoms with Gasteiger partial charge in [0.1, 0.15) is 0 Å². The first kappa shape index (κ1) is 45.3. The average molecular weight is 777 g/mol. The summed E-state index contributed by atoms with van der Waals surface area (Å²) in [7, 11) is 1.00. The lowest BCUT2D eigenvalue weighted by Crippen LogP contribution is -2.31. The second-order valence-corrected chi connectivity index (χ2v) is 18.4. The number of aliphatic hydroxyl groups excluding tert-OH is 4. The molecule has 5 aliphatic rings. The molecule has 0 amide bonds. The molecule has 9 unspecified atom stereocenters. The predicted octanol–water partition coefficient (Wildman–Crippen LogP) is 10.0. The van der Waals surface area contributed by atoms with Gasteiger partial charge in [0.25, 0.3) is 0 Å². The molecule has 0 spiro atoms. The molecule has 316 valence electrons. The Morgan fingerprint density at radius 1 is 0.679 bits per heavy atom. The maximum atomic E-state index is 11.0. The summed E-state index contributed by atoms with van der Waals surface area (Å²) in [5, 5.41) is 38.8. The fraction of sp³-hybridized carbons (Fsp3) is 0.760. The second kappa shape index (κ2) is 23.1. The summed E-state index contributed by atoms with van der Waals surface area (Å²) < 4.78 is 12.3. The molecule has 0 radical (unpaired) electrons. The summed E-state index contributed by atoms with van der Waals surface area (Å²) in [6, 6.07) is 13.4. The van der Waals surface area contributed by atoms with Crippen LogP contribution in [0.5, 0.6) is 0 Å². The van der Waals surface area contributed by atoms with E-state index in [0.29, 0.717) is 35.5 Å². The smallest absolute Gasteiger partial charge is 0.157 e. The molecular weight excluding hydrogens is 697 g/mol. The van der Waals surface area contributed by atoms with E-state index in [2.05, 4.69) is 64.1 Å². The maximum absolute atomic E-state index is 11.0. The molecule has 2 saturated carbocycles. The monoisotopic (exact) mass is 777 g/mol. The van der Waals surface area contributed by atoms with Crippen LogP contribution in [-0.4, -0.2) is 64.8 Å². The van der Waals surface area contributed by atoms with Crippen LogP contribution in [0.15, 0.2) is 36.4 Å². The van der Waals surface area contributed by atoms with Gasteiger partial charge in [-0.25, -0.2) is 0 Å². The molecule has 11 atom stereocenters. The van der Waals surface area contributed by atoms with Gasteiger partial charge in [0, 0.05) is 13.7 Å². The van der Waals surface area contributed by atoms with E-state index in [1.54, 1.807) is 5.56 Å². The van der Waals surface area contributed by atoms with Crippen LogP contribution in [0, 0.1) is 49.4 Å². The number of ether oxygens (including phenoxy) is 2. The van der Waals surface area contributed by atoms with Crippen LogP contribution >= 0.6 is 0 Å². The van der Waals surface area contributed by atoms with E-state index < -0.39 is 0 Å². The third-order valence-electron chi connectivity index (χ3n) is 14.7. The van der Waals surface area contributed by atoms with E-state index >= 15 is 0 Å². The molecule has 4 aliphatic carbocycles. The van der Waals surface area contributed by atoms with Crippen molar-refractivity contribution in [3.05, 3.63) is 69.8 Å². The van der Waals surface area contributed by atoms with Crippen molar-refractivity contribution < 1.29 is 29.9 Å². The Balaban J connectivity index is 0.000000210. The number of hydrogen-bond acceptors (Lipinski definition) is 6. The highest BCUT2D eigenvalue weighted by atomic mass is 16.7. The van der Waals surface area contributed by atoms with Gasteiger partial charge < -0.3 is 29.9 Å². The average Bonchev–Trinajstić information content (AvgIpc) is 3.69. The number of unbranched alkanes of at least 4 members (excludes halogenated alkanes) is 4. The standard InChI is InChI=1S/C27H42O3.C22H34O2.CH4O/c1-3-4-5-11-22(30-27-12-6-7-15-29-27)13-14-23-25-16-20-10-8-9-19(2)24(20)17-21(25)18-26(23)28;1-3-4-5-9-18(23)10-11-19-21-12-16-8-6-7-15(2)20(16)13-17(21)14-22(19)24;1-2/h8-10,21-23,25-28H,3-7,11-18H2,1-2H3;6-8,17-19,21-24H,3-5,9-14H2,1-2H3;2H,1H3/t21?,22-,23?,25?,26?,27?;17?,18-,19?,21?,22?;/m00./s1. The third kappa shape index (κ3) is 12.1. The normalized spacial score (nSPS) is 30.1. The fourth-order valence-electron chi connectivity index (χ4n) is 11.5. The van der Waals surface area contributed by atoms with E-state index in [1.165, 1.54) is 72.8 Å². The van der Waals surface area contributed by atoms with E-state index in [0.717, 1.165) is 104 Å². The Morgan fingerprint density at radius 3 is 1.73 bits per heavy atom. The molecule has 3 fully saturated rings. The maximum Gasteiger partial charge on any atom is 0.157 e. The van der Waals surface area contributed by atoms with Gasteiger partial charge in [-0.3, -0.25) is 0 Å². The number of rotatable bonds is 16. The van der Waals surface area contributed by atoms with Crippen LogP contribution in [0.2, 0.25) is 0 Å². The minimum atomic E-state index is -0.180. The van der Waals surface area contributed by atoms with Gasteiger partial charge in [-0.2, -0.15) is 0 Å². The number of aliphatic hydroxyl groups is 4. The molecule has 4 N–H and O–H groups in total. The third-order valence-corrected chi connectivity index (χ3v) is 14.7. The van der Waals surface area contributed by atoms with Crippen molar-refractivity contribution in [3.63, 3.8) is 0 Å². The summed E-state index contributed by atoms with van der Waals surface area (Å²) in [6.07, 6.45) is 23.1. The molecule has 7 rings (SSSR count). The molecular formula is C50H80O6. The molecule has 0 bridgehead atoms. The summed E-state index contributed by atoms with van der Waals surface area (Å²) in [5.74, 6) is 3.34. The van der Waals surface area contributed by atoms with Crippen molar-refractivity contribution in [1.29, 1.82) is 0 Å². The molecule has 1 aliphatic heterocycles. The molecule has 2 aromatic carbocycles. The highest BCUT2D eigenvalue weighted by Gasteiger charge is 2.46. The van der Waals surface area contributed by atoms with Crippen molar-refractivity contribution >= 4 is 0 Å². The van der Waals surface area contributed by atoms with Crippen LogP contribution in [0.1, 0.15) is 156 Å². The lowest BCUT2D eigenvalue weighted by atomic mass is 9.73. The summed E-state index contributed by atoms with van der Waals surface area (Å²) >= 11 is 0. The van der Waals surface area contributed by atoms with Gasteiger partial charge in [-0.1, -0.05) is 88.8 Å². The Labute approximate surface area is 341 Å². The van der Waals surface area contributed by atoms with Crippen LogP contribution < -0.4 is 0 Å². The van der Waals surface area contributed by atoms with Crippen LogP contribution in [0.3, 0.4) is 0 Å². The minimum Gasteiger partial charge on any atom is -0.400 e. The Morgan fingerprint density at radius 2 is 1.21 bits per heavy atom. The zero-order valence-electron chi connectivity index (χ0n) is 36.0. The number of benzene rings is 2. The summed E-state index contributed by atoms with van der Waals surface area (Å²) in [6.45, 7) is 9.76. The predicted molar refractivity (Wildman–Crippen MR) is 229 cm³/mol. The first-order valence-electron chi connectivity index (χ1n) is 23.2. The van der Waals surface area contributed by atoms with Crippen molar-refractivity contribution in [2.24, 2.45) is 35.5 Å². The van der Waals surface area contributed by atoms with Crippen molar-refractivity contribution in [2.45, 2.75) is 193 Å². The molecule has 2 aromatic rings. The van der Waals surface area contributed by atoms with E-state index in [9.17, 15) is 15.3 Å². The molecule has 56 heavy (non-hydrogen) atoms. The largest absolute Gasteiger partial charge is 0.400 e. The molecule has 1 saturated heterocycles. The zero-order chi connectivity index (χ0) is 40.0. The van der Waals surface area contributed by atoms with Gasteiger partial charge in [-0.15, -0.1) is 0 Å². The molecule has 6 nitrogen and oxygen atoms in total. The summed E-state index contributed by atoms with van der Waals surface area (Å²) in [4.78, 5) is 0. The van der Waals surface area contributed by atoms with E-state index in [1.807, 2.05) is 0 Å². The van der Waals surface area contributed by atoms with Gasteiger partial charge in [0.05, 0.1) is 24.4 Å². The number of hydrogen-bond donors (Lipinski definition) is 4. The topological polar surface area (TPSA) is 99.4 Å². The Kier molecular flexibility index (Phi) is 18.7. The lowest BCUT2D eigenvalue weighted by molar-refractivity contribution is -0.191. The summed E-state index contributed by atoms with van der Waals surface area (Å²) in [5.41, 5.74) is 8.96. The van der Waals surface area contributed by atoms with Gasteiger partial charge in [0.2, 0.25) is 0 Å². The molecule has 0 aromatic heterocycles. The van der Waals surface area contributed by atoms with Crippen molar-refractivity contribution in [3.8, 4) is 0 Å². The quantitative estimate of drug-likeness (QED) is 0.127. The van der Waals surface area contributed by atoms with Crippen LogP contribution in [0.4, 0.5) is 0 Å². The van der Waals surface area contributed by atoms with Crippen LogP contribution in [0.25, 0.3) is 0 Å². The zero-order valence-corrected chi connectivity index (χ0v) is 36.0. The van der Waals surface area contributed by atoms with Crippen molar-refractivity contribution in [2.75, 3.05) is 13.7 Å². The van der Waals surface area contributed by atoms with Gasteiger partial charge >= 0.3 is 0 Å². The van der Waals surface area contributed by atoms with Crippen molar-refractivity contribution in [1.82, 2.24) is 0 Å². The van der Waals surface area contributed by atoms with E-state index in [4.69, 9.17) is 14.6 Å². The highest BCUT2D eigenvalue weighted by molar-refractivity contribution is 5.39. The minimum absolute atomic E-state index is 0.00356. The first-order valence-corrected chi connectivity index (χ1v) is 23.2. The number of fused-ring (bicyclic) bond motifs is 4. The Hall–Kier alpha value is -1.80. The highest BCUT2D eigenvalue weighted by Crippen LogP contribution is 2.49. The van der Waals surface area contributed by atoms with Crippen LogP contribution in [-0.2, 0) is 35.2 Å². The fourth-order valence-corrected chi connectivity index (χ4v) is 11.5. The van der Waals surface area contributed by atoms with E-state index in [-0.39, 0.29) is 30.7 Å². The SMILES string of the molecule is CCCCC[C@@H](CCC1C(O)CC2Cc3c(C)cccc3CC21)OC1CCCCO1.CCCCC[C@H](O)CCC1C(O)CC2Cc3c(C)cccc3CC21.CO. The van der Waals surface area contributed by atoms with Gasteiger partial charge in [0.15, 0.2) is 6.29 Å².